The molecule has 0 bridgehead atoms. The van der Waals surface area contributed by atoms with Crippen LogP contribution in [-0.2, 0) is 18.3 Å². The molecule has 8 heteroatoms. The molecule has 2 heterocycles. The van der Waals surface area contributed by atoms with E-state index in [-0.39, 0.29) is 0 Å². The number of aryl methyl sites for hydroxylation is 1. The minimum Gasteiger partial charge on any atom is -0.379 e. The number of aliphatic imine (C=N–C) groups is 1. The first-order valence-corrected chi connectivity index (χ1v) is 11.6. The highest BCUT2D eigenvalue weighted by Gasteiger charge is 2.37. The predicted molar refractivity (Wildman–Crippen MR) is 120 cm³/mol. The molecule has 0 unspecified atom stereocenters. The van der Waals surface area contributed by atoms with Gasteiger partial charge in [0.25, 0.3) is 0 Å². The monoisotopic (exact) mass is 419 g/mol. The summed E-state index contributed by atoms with van der Waals surface area (Å²) in [6.45, 7) is 14.0. The van der Waals surface area contributed by atoms with E-state index >= 15 is 0 Å². The summed E-state index contributed by atoms with van der Waals surface area (Å²) < 4.78 is 7.44. The summed E-state index contributed by atoms with van der Waals surface area (Å²) in [4.78, 5) is 7.31. The molecule has 0 atom stereocenters. The van der Waals surface area contributed by atoms with Crippen molar-refractivity contribution in [1.82, 2.24) is 30.3 Å². The van der Waals surface area contributed by atoms with Gasteiger partial charge in [0.1, 0.15) is 12.4 Å². The largest absolute Gasteiger partial charge is 0.379 e. The summed E-state index contributed by atoms with van der Waals surface area (Å²) in [6.07, 6.45) is 6.38. The second-order valence-electron chi connectivity index (χ2n) is 9.43. The van der Waals surface area contributed by atoms with E-state index in [0.29, 0.717) is 12.0 Å². The number of nitrogens with zero attached hydrogens (tertiary/aromatic N) is 5. The summed E-state index contributed by atoms with van der Waals surface area (Å²) >= 11 is 0. The van der Waals surface area contributed by atoms with Gasteiger partial charge in [-0.15, -0.1) is 10.2 Å². The number of nitrogens with one attached hydrogen (secondary N) is 2. The Morgan fingerprint density at radius 3 is 2.57 bits per heavy atom. The van der Waals surface area contributed by atoms with Crippen LogP contribution in [0, 0.1) is 18.3 Å². The molecule has 1 aromatic rings. The van der Waals surface area contributed by atoms with Crippen molar-refractivity contribution in [2.75, 3.05) is 45.9 Å². The van der Waals surface area contributed by atoms with Crippen LogP contribution in [0.15, 0.2) is 4.99 Å². The first kappa shape index (κ1) is 23.0. The summed E-state index contributed by atoms with van der Waals surface area (Å²) in [5.41, 5.74) is 0.436. The number of aromatic nitrogens is 3. The molecule has 8 nitrogen and oxygen atoms in total. The van der Waals surface area contributed by atoms with E-state index in [1.54, 1.807) is 0 Å². The minimum absolute atomic E-state index is 0.436. The third kappa shape index (κ3) is 6.67. The van der Waals surface area contributed by atoms with Gasteiger partial charge in [-0.05, 0) is 50.5 Å². The second-order valence-corrected chi connectivity index (χ2v) is 9.43. The maximum atomic E-state index is 5.44. The normalized spacial score (nSPS) is 19.7. The fourth-order valence-corrected chi connectivity index (χ4v) is 4.51. The Kier molecular flexibility index (Phi) is 8.50. The number of ether oxygens (including phenoxy) is 1. The molecule has 170 valence electrons. The van der Waals surface area contributed by atoms with Crippen molar-refractivity contribution < 1.29 is 4.74 Å². The van der Waals surface area contributed by atoms with Gasteiger partial charge in [-0.3, -0.25) is 4.90 Å². The molecule has 2 fully saturated rings. The van der Waals surface area contributed by atoms with Gasteiger partial charge in [0, 0.05) is 33.2 Å². The summed E-state index contributed by atoms with van der Waals surface area (Å²) in [5, 5.41) is 15.6. The average molecular weight is 420 g/mol. The topological polar surface area (TPSA) is 79.6 Å². The van der Waals surface area contributed by atoms with Gasteiger partial charge in [-0.1, -0.05) is 20.3 Å². The van der Waals surface area contributed by atoms with E-state index in [2.05, 4.69) is 39.6 Å². The number of hydrogen-bond acceptors (Lipinski definition) is 5. The summed E-state index contributed by atoms with van der Waals surface area (Å²) in [5.74, 6) is 3.43. The number of hydrogen-bond donors (Lipinski definition) is 2. The zero-order valence-electron chi connectivity index (χ0n) is 19.4. The molecule has 2 aliphatic rings. The molecule has 0 aromatic carbocycles. The van der Waals surface area contributed by atoms with Crippen LogP contribution in [0.1, 0.15) is 57.6 Å². The van der Waals surface area contributed by atoms with Crippen molar-refractivity contribution in [2.24, 2.45) is 23.4 Å². The van der Waals surface area contributed by atoms with Gasteiger partial charge < -0.3 is 19.9 Å². The Morgan fingerprint density at radius 2 is 1.97 bits per heavy atom. The van der Waals surface area contributed by atoms with Crippen LogP contribution in [0.4, 0.5) is 0 Å². The molecule has 2 N–H and O–H groups in total. The van der Waals surface area contributed by atoms with E-state index < -0.39 is 0 Å². The SMILES string of the molecule is Cc1nnc(CN=C(NCCCN2CCOCC2)NCC2(CC(C)C)CCC2)n1C. The molecule has 1 saturated heterocycles. The van der Waals surface area contributed by atoms with Gasteiger partial charge >= 0.3 is 0 Å². The number of morpholine rings is 1. The highest BCUT2D eigenvalue weighted by Crippen LogP contribution is 2.45. The molecule has 1 aromatic heterocycles. The van der Waals surface area contributed by atoms with Crippen LogP contribution >= 0.6 is 0 Å². The third-order valence-corrected chi connectivity index (χ3v) is 6.49. The Hall–Kier alpha value is -1.67. The Balaban J connectivity index is 1.53. The van der Waals surface area contributed by atoms with Crippen molar-refractivity contribution in [3.63, 3.8) is 0 Å². The first-order valence-electron chi connectivity index (χ1n) is 11.6. The van der Waals surface area contributed by atoms with E-state index in [4.69, 9.17) is 9.73 Å². The highest BCUT2D eigenvalue weighted by atomic mass is 16.5. The molecular formula is C22H41N7O. The maximum Gasteiger partial charge on any atom is 0.191 e. The second kappa shape index (κ2) is 11.1. The molecule has 0 amide bonds. The third-order valence-electron chi connectivity index (χ3n) is 6.49. The molecule has 30 heavy (non-hydrogen) atoms. The van der Waals surface area contributed by atoms with E-state index in [1.165, 1.54) is 25.7 Å². The zero-order valence-corrected chi connectivity index (χ0v) is 19.4. The van der Waals surface area contributed by atoms with Crippen molar-refractivity contribution in [3.05, 3.63) is 11.6 Å². The quantitative estimate of drug-likeness (QED) is 0.343. The lowest BCUT2D eigenvalue weighted by molar-refractivity contribution is 0.0376. The average Bonchev–Trinajstić information content (AvgIpc) is 3.03. The summed E-state index contributed by atoms with van der Waals surface area (Å²) in [7, 11) is 2.00. The molecule has 0 radical (unpaired) electrons. The van der Waals surface area contributed by atoms with Crippen molar-refractivity contribution in [1.29, 1.82) is 0 Å². The maximum absolute atomic E-state index is 5.44. The molecule has 0 spiro atoms. The zero-order chi connectivity index (χ0) is 21.4. The van der Waals surface area contributed by atoms with Crippen molar-refractivity contribution >= 4 is 5.96 Å². The Labute approximate surface area is 181 Å². The smallest absolute Gasteiger partial charge is 0.191 e. The molecular weight excluding hydrogens is 378 g/mol. The predicted octanol–water partition coefficient (Wildman–Crippen LogP) is 2.10. The molecule has 3 rings (SSSR count). The number of rotatable bonds is 10. The van der Waals surface area contributed by atoms with Crippen LogP contribution < -0.4 is 10.6 Å². The van der Waals surface area contributed by atoms with E-state index in [1.807, 2.05) is 18.5 Å². The Bertz CT molecular complexity index is 675. The van der Waals surface area contributed by atoms with Crippen LogP contribution in [0.3, 0.4) is 0 Å². The summed E-state index contributed by atoms with van der Waals surface area (Å²) in [6, 6.07) is 0. The van der Waals surface area contributed by atoms with Crippen molar-refractivity contribution in [3.8, 4) is 0 Å². The number of guanidine groups is 1. The van der Waals surface area contributed by atoms with E-state index in [9.17, 15) is 0 Å². The van der Waals surface area contributed by atoms with Gasteiger partial charge in [0.15, 0.2) is 11.8 Å². The van der Waals surface area contributed by atoms with Crippen LogP contribution in [-0.4, -0.2) is 71.6 Å². The van der Waals surface area contributed by atoms with Gasteiger partial charge in [0.05, 0.1) is 13.2 Å². The highest BCUT2D eigenvalue weighted by molar-refractivity contribution is 5.79. The lowest BCUT2D eigenvalue weighted by Gasteiger charge is -2.43. The van der Waals surface area contributed by atoms with Gasteiger partial charge in [-0.2, -0.15) is 0 Å². The Morgan fingerprint density at radius 1 is 1.20 bits per heavy atom. The van der Waals surface area contributed by atoms with Crippen molar-refractivity contribution in [2.45, 2.75) is 59.4 Å². The first-order chi connectivity index (χ1) is 14.5. The fraction of sp³-hybridized carbons (Fsp3) is 0.864. The molecule has 1 aliphatic carbocycles. The van der Waals surface area contributed by atoms with Crippen LogP contribution in [0.2, 0.25) is 0 Å². The van der Waals surface area contributed by atoms with E-state index in [0.717, 1.165) is 75.9 Å². The van der Waals surface area contributed by atoms with Gasteiger partial charge in [0.2, 0.25) is 0 Å². The fourth-order valence-electron chi connectivity index (χ4n) is 4.51. The molecule has 1 aliphatic heterocycles. The standard InChI is InChI=1S/C22H41N7O/c1-18(2)15-22(7-5-8-22)17-25-21(24-16-20-27-26-19(3)28(20)4)23-9-6-10-29-11-13-30-14-12-29/h18H,5-17H2,1-4H3,(H2,23,24,25). The van der Waals surface area contributed by atoms with Gasteiger partial charge in [-0.25, -0.2) is 4.99 Å². The lowest BCUT2D eigenvalue weighted by atomic mass is 9.64. The minimum atomic E-state index is 0.436. The van der Waals surface area contributed by atoms with Crippen LogP contribution in [0.25, 0.3) is 0 Å². The molecule has 1 saturated carbocycles. The van der Waals surface area contributed by atoms with Crippen LogP contribution in [0.5, 0.6) is 0 Å². The lowest BCUT2D eigenvalue weighted by Crippen LogP contribution is -2.47.